The number of carbonyl (C=O) groups excluding carboxylic acids is 8. The summed E-state index contributed by atoms with van der Waals surface area (Å²) in [6.45, 7) is 25.3. The van der Waals surface area contributed by atoms with Crippen molar-refractivity contribution in [2.45, 2.75) is 163 Å². The minimum atomic E-state index is -0.853. The van der Waals surface area contributed by atoms with Crippen LogP contribution in [-0.2, 0) is 95.7 Å². The fourth-order valence-electron chi connectivity index (χ4n) is 13.5. The molecule has 4 amide bonds. The number of amides is 4. The van der Waals surface area contributed by atoms with E-state index in [-0.39, 0.29) is 159 Å². The molecule has 0 aromatic heterocycles. The topological polar surface area (TPSA) is 315 Å². The van der Waals surface area contributed by atoms with E-state index in [0.29, 0.717) is 36.8 Å². The summed E-state index contributed by atoms with van der Waals surface area (Å²) in [5.74, 6) is -11.3. The van der Waals surface area contributed by atoms with Crippen molar-refractivity contribution in [2.24, 2.45) is 47.3 Å². The molecule has 20 nitrogen and oxygen atoms in total. The van der Waals surface area contributed by atoms with Gasteiger partial charge in [0.05, 0.1) is 96.5 Å². The second-order valence-electron chi connectivity index (χ2n) is 33.4. The summed E-state index contributed by atoms with van der Waals surface area (Å²) in [6.07, 6.45) is 20.0. The van der Waals surface area contributed by atoms with Gasteiger partial charge < -0.3 is 62.8 Å². The van der Waals surface area contributed by atoms with Crippen molar-refractivity contribution in [3.63, 3.8) is 0 Å². The van der Waals surface area contributed by atoms with Crippen molar-refractivity contribution in [3.05, 3.63) is 224 Å². The molecule has 4 fully saturated rings. The third-order valence-electron chi connectivity index (χ3n) is 20.8. The molecule has 109 heavy (non-hydrogen) atoms. The Bertz CT molecular complexity index is 4420. The van der Waals surface area contributed by atoms with Gasteiger partial charge >= 0.3 is 23.9 Å². The van der Waals surface area contributed by atoms with Gasteiger partial charge in [-0.2, -0.15) is 5.71 Å². The number of benzene rings is 4. The number of allylic oxidation sites excluding steroid dienone is 15. The molecule has 4 saturated carbocycles. The first-order valence-corrected chi connectivity index (χ1v) is 37.6. The summed E-state index contributed by atoms with van der Waals surface area (Å²) >= 11 is 0. The zero-order valence-electron chi connectivity index (χ0n) is 64.3. The number of hydrogen-bond donors (Lipinski definition) is 4. The van der Waals surface area contributed by atoms with Crippen molar-refractivity contribution < 1.29 is 74.1 Å². The summed E-state index contributed by atoms with van der Waals surface area (Å²) in [6, 6.07) is 22.2. The molecule has 577 valence electrons. The molecule has 21 heteroatoms. The molecule has 13 rings (SSSR count). The van der Waals surface area contributed by atoms with Gasteiger partial charge in [-0.1, -0.05) is 198 Å². The van der Waals surface area contributed by atoms with Crippen LogP contribution in [0.15, 0.2) is 157 Å². The smallest absolute Gasteiger partial charge is 0.309 e. The molecule has 8 atom stereocenters. The molecule has 4 aromatic carbocycles. The molecule has 4 aliphatic heterocycles. The Morgan fingerprint density at radius 1 is 0.394 bits per heavy atom. The maximum atomic E-state index is 14.7. The fourth-order valence-corrected chi connectivity index (χ4v) is 13.5. The summed E-state index contributed by atoms with van der Waals surface area (Å²) in [4.78, 5) is 113. The summed E-state index contributed by atoms with van der Waals surface area (Å²) in [5.41, 5.74) is 35.4. The van der Waals surface area contributed by atoms with Gasteiger partial charge in [0.2, 0.25) is 23.6 Å². The third-order valence-corrected chi connectivity index (χ3v) is 20.8. The van der Waals surface area contributed by atoms with Gasteiger partial charge in [0, 0.05) is 27.9 Å². The predicted molar refractivity (Wildman–Crippen MR) is 424 cm³/mol. The molecule has 4 bridgehead atoms. The molecule has 0 spiro atoms. The van der Waals surface area contributed by atoms with E-state index in [1.165, 1.54) is 18.2 Å². The fraction of sp³-hybridized carbons (Fsp3) is 0.420. The van der Waals surface area contributed by atoms with Gasteiger partial charge in [0.15, 0.2) is 0 Å². The summed E-state index contributed by atoms with van der Waals surface area (Å²) in [7, 11) is 0. The number of rotatable bonds is 2. The molecule has 4 aromatic rings. The minimum absolute atomic E-state index is 0. The van der Waals surface area contributed by atoms with Crippen LogP contribution in [0.3, 0.4) is 0 Å². The maximum absolute atomic E-state index is 14.7. The largest absolute Gasteiger partial charge is 0.803 e. The van der Waals surface area contributed by atoms with Crippen LogP contribution in [0.5, 0.6) is 0 Å². The normalized spacial score (nSPS) is 28.0. The van der Waals surface area contributed by atoms with Gasteiger partial charge in [-0.05, 0) is 159 Å². The van der Waals surface area contributed by atoms with Crippen LogP contribution >= 0.6 is 0 Å². The third kappa shape index (κ3) is 20.0. The molecule has 1 radical (unpaired) electrons. The van der Waals surface area contributed by atoms with E-state index in [1.54, 1.807) is 78.9 Å². The molecule has 7 N–H and O–H groups in total. The minimum Gasteiger partial charge on any atom is -0.803 e. The number of fused-ring (bicyclic) bond motifs is 18. The van der Waals surface area contributed by atoms with Crippen LogP contribution in [0.2, 0.25) is 0 Å². The molecule has 0 saturated heterocycles. The van der Waals surface area contributed by atoms with E-state index < -0.39 is 101 Å². The van der Waals surface area contributed by atoms with Crippen molar-refractivity contribution >= 4 is 98.3 Å². The second-order valence-corrected chi connectivity index (χ2v) is 33.4. The quantitative estimate of drug-likeness (QED) is 0.108. The van der Waals surface area contributed by atoms with Gasteiger partial charge in [-0.25, -0.2) is 0 Å². The number of ether oxygens (including phenoxy) is 4. The van der Waals surface area contributed by atoms with E-state index >= 15 is 0 Å². The SMILES string of the molecule is CC(C)(C)c1cc(C2=C\C=C/C(=[N-])/C3=C([NH-])/C=C\C=C(/c4cc(C(C)(C)C)cc(C(C)(C)C)c4)C/C=C\C([NH-])=C(\C([NH-])=C\C=C\2)c2c4cccc2NC(=O)C2CC2C(=O)OCCCCOC(=O)C2CC2C(=O)Nc2cccc(c23)NC(=O)C2CC2C(=O)OCCCCOC(=O)C2CC2C(=O)N4)cc(C(C)(C)C)c1.[Co]. The molecule has 8 unspecified atom stereocenters. The van der Waals surface area contributed by atoms with Crippen LogP contribution in [0.25, 0.3) is 44.9 Å². The van der Waals surface area contributed by atoms with Crippen LogP contribution in [0.4, 0.5) is 22.7 Å². The van der Waals surface area contributed by atoms with Crippen molar-refractivity contribution in [1.29, 1.82) is 0 Å². The van der Waals surface area contributed by atoms with E-state index in [9.17, 15) is 61.0 Å². The van der Waals surface area contributed by atoms with Gasteiger partial charge in [0.1, 0.15) is 0 Å². The zero-order valence-corrected chi connectivity index (χ0v) is 65.3. The van der Waals surface area contributed by atoms with Gasteiger partial charge in [0.25, 0.3) is 0 Å². The van der Waals surface area contributed by atoms with Crippen LogP contribution < -0.4 is 21.3 Å². The monoisotopic (exact) mass is 1520 g/mol. The molecular weight excluding hydrogens is 1420 g/mol. The number of anilines is 4. The van der Waals surface area contributed by atoms with E-state index in [1.807, 2.05) is 6.08 Å². The molecule has 5 aliphatic carbocycles. The number of esters is 4. The molecule has 4 heterocycles. The first-order chi connectivity index (χ1) is 51.0. The number of hydrogen-bond acceptors (Lipinski definition) is 12. The van der Waals surface area contributed by atoms with Gasteiger partial charge in [-0.15, -0.1) is 17.1 Å². The Kier molecular flexibility index (Phi) is 24.9. The van der Waals surface area contributed by atoms with E-state index in [4.69, 9.17) is 18.9 Å². The molecular formula is C88H100CoN8O12-4. The van der Waals surface area contributed by atoms with Crippen LogP contribution in [0.1, 0.15) is 185 Å². The first-order valence-electron chi connectivity index (χ1n) is 37.6. The zero-order chi connectivity index (χ0) is 77.9. The Hall–Kier alpha value is -10.1. The summed E-state index contributed by atoms with van der Waals surface area (Å²) in [5, 5.41) is 25.1. The Labute approximate surface area is 650 Å². The van der Waals surface area contributed by atoms with Crippen LogP contribution in [0, 0.1) is 47.3 Å². The second kappa shape index (κ2) is 33.4. The predicted octanol–water partition coefficient (Wildman–Crippen LogP) is 17.9. The Morgan fingerprint density at radius 2 is 0.725 bits per heavy atom. The van der Waals surface area contributed by atoms with E-state index in [2.05, 4.69) is 141 Å². The average molecular weight is 1520 g/mol. The standard InChI is InChI=1S/C88H104N8O12.Co/c1-85(2,3)53-39-51(40-54(43-53)86(4,5)6)49-23-17-27-65(89)73-67(91)29-19-25-50(52-41-55(87(7,8)9)44-56(42-52)88(10,11)12)26-20-30-68(92)74(66(90)28-18-24-49)76-70-32-22-34-72(76)96-80(100)60-48-64(60)84(104)108-38-16-15-37-107-83(103)63-47-59(63)79(99)95-71-33-21-31-69(75(71)73)93-77(97)57-45-61(57)81(101)105-35-13-14-36-106-82(102)62-46-58(62)78(98)94-70;/h17-25,27-34,39-44,57-64H,13-16,26,35-38,45-48H2,1-12H3,(H11,89,90,91,92,93,94,95,96,97,98,99,100);/p-4/b29-19-,30-20-,50-25-;. The van der Waals surface area contributed by atoms with E-state index in [0.717, 1.165) is 33.4 Å². The van der Waals surface area contributed by atoms with Crippen molar-refractivity contribution in [3.8, 4) is 0 Å². The number of nitrogens with one attached hydrogen (secondary N) is 7. The Morgan fingerprint density at radius 3 is 1.09 bits per heavy atom. The Balaban J connectivity index is 0.0000127. The average Bonchev–Trinajstić information content (AvgIpc) is 1.51. The maximum Gasteiger partial charge on any atom is 0.309 e. The number of carbonyl (C=O) groups is 8. The van der Waals surface area contributed by atoms with Crippen molar-refractivity contribution in [1.82, 2.24) is 0 Å². The number of nitrogens with zero attached hydrogens (tertiary/aromatic N) is 1. The van der Waals surface area contributed by atoms with Crippen LogP contribution in [-0.4, -0.2) is 79.6 Å². The van der Waals surface area contributed by atoms with Crippen molar-refractivity contribution in [2.75, 3.05) is 47.7 Å². The summed E-state index contributed by atoms with van der Waals surface area (Å²) < 4.78 is 22.6. The first kappa shape index (κ1) is 81.4. The molecule has 9 aliphatic rings. The van der Waals surface area contributed by atoms with Gasteiger partial charge in [-0.3, -0.25) is 38.4 Å².